The second-order valence-electron chi connectivity index (χ2n) is 3.60. The van der Waals surface area contributed by atoms with Crippen LogP contribution in [0.2, 0.25) is 0 Å². The van der Waals surface area contributed by atoms with Gasteiger partial charge in [-0.2, -0.15) is 0 Å². The second-order valence-corrected chi connectivity index (χ2v) is 3.60. The summed E-state index contributed by atoms with van der Waals surface area (Å²) in [7, 11) is 1.95. The molecule has 92 valence electrons. The predicted octanol–water partition coefficient (Wildman–Crippen LogP) is 0.689. The van der Waals surface area contributed by atoms with Crippen molar-refractivity contribution < 1.29 is 9.47 Å². The zero-order chi connectivity index (χ0) is 12.0. The van der Waals surface area contributed by atoms with Crippen LogP contribution in [0, 0.1) is 0 Å². The Balaban J connectivity index is 2.54. The van der Waals surface area contributed by atoms with Crippen molar-refractivity contribution in [2.45, 2.75) is 32.6 Å². The number of imidazole rings is 1. The third kappa shape index (κ3) is 3.59. The minimum Gasteiger partial charge on any atom is -0.351 e. The van der Waals surface area contributed by atoms with Crippen LogP contribution in [0.3, 0.4) is 0 Å². The molecule has 0 saturated heterocycles. The lowest BCUT2D eigenvalue weighted by Crippen LogP contribution is -2.41. The normalized spacial score (nSPS) is 13.3. The molecule has 0 bridgehead atoms. The SMILES string of the molecule is CCOC(OCC)C(N)Cc1nccn1C. The monoisotopic (exact) mass is 227 g/mol. The maximum atomic E-state index is 6.05. The molecule has 1 atom stereocenters. The van der Waals surface area contributed by atoms with Gasteiger partial charge < -0.3 is 19.8 Å². The van der Waals surface area contributed by atoms with Crippen LogP contribution in [0.4, 0.5) is 0 Å². The van der Waals surface area contributed by atoms with Gasteiger partial charge in [-0.3, -0.25) is 0 Å². The fourth-order valence-corrected chi connectivity index (χ4v) is 1.52. The number of rotatable bonds is 7. The first-order valence-electron chi connectivity index (χ1n) is 5.64. The summed E-state index contributed by atoms with van der Waals surface area (Å²) >= 11 is 0. The maximum absolute atomic E-state index is 6.05. The van der Waals surface area contributed by atoms with E-state index in [0.29, 0.717) is 19.6 Å². The third-order valence-corrected chi connectivity index (χ3v) is 2.35. The summed E-state index contributed by atoms with van der Waals surface area (Å²) in [4.78, 5) is 4.23. The minimum absolute atomic E-state index is 0.194. The van der Waals surface area contributed by atoms with Crippen molar-refractivity contribution in [3.05, 3.63) is 18.2 Å². The fourth-order valence-electron chi connectivity index (χ4n) is 1.52. The van der Waals surface area contributed by atoms with Crippen molar-refractivity contribution in [2.24, 2.45) is 12.8 Å². The van der Waals surface area contributed by atoms with Gasteiger partial charge in [-0.25, -0.2) is 4.98 Å². The van der Waals surface area contributed by atoms with Crippen LogP contribution >= 0.6 is 0 Å². The van der Waals surface area contributed by atoms with Crippen molar-refractivity contribution in [1.82, 2.24) is 9.55 Å². The Morgan fingerprint density at radius 3 is 2.44 bits per heavy atom. The van der Waals surface area contributed by atoms with Gasteiger partial charge in [0.1, 0.15) is 5.82 Å². The number of ether oxygens (including phenoxy) is 2. The van der Waals surface area contributed by atoms with Gasteiger partial charge in [0.05, 0.1) is 6.04 Å². The van der Waals surface area contributed by atoms with Gasteiger partial charge in [-0.15, -0.1) is 0 Å². The number of aryl methyl sites for hydroxylation is 1. The van der Waals surface area contributed by atoms with E-state index in [-0.39, 0.29) is 12.3 Å². The van der Waals surface area contributed by atoms with Gasteiger partial charge in [0.25, 0.3) is 0 Å². The molecule has 0 aliphatic rings. The van der Waals surface area contributed by atoms with Gasteiger partial charge in [-0.1, -0.05) is 0 Å². The molecule has 5 heteroatoms. The highest BCUT2D eigenvalue weighted by Gasteiger charge is 2.20. The second kappa shape index (κ2) is 6.62. The van der Waals surface area contributed by atoms with Crippen molar-refractivity contribution in [3.8, 4) is 0 Å². The Hall–Kier alpha value is -0.910. The molecule has 0 aromatic carbocycles. The fraction of sp³-hybridized carbons (Fsp3) is 0.727. The van der Waals surface area contributed by atoms with Gasteiger partial charge in [0, 0.05) is 39.1 Å². The van der Waals surface area contributed by atoms with Gasteiger partial charge >= 0.3 is 0 Å². The molecule has 0 spiro atoms. The highest BCUT2D eigenvalue weighted by molar-refractivity contribution is 4.94. The molecule has 1 rings (SSSR count). The Kier molecular flexibility index (Phi) is 5.45. The Morgan fingerprint density at radius 1 is 1.38 bits per heavy atom. The number of nitrogens with zero attached hydrogens (tertiary/aromatic N) is 2. The summed E-state index contributed by atoms with van der Waals surface area (Å²) in [6.45, 7) is 5.05. The van der Waals surface area contributed by atoms with E-state index in [0.717, 1.165) is 5.82 Å². The van der Waals surface area contributed by atoms with E-state index in [9.17, 15) is 0 Å². The summed E-state index contributed by atoms with van der Waals surface area (Å²) < 4.78 is 12.9. The lowest BCUT2D eigenvalue weighted by Gasteiger charge is -2.23. The predicted molar refractivity (Wildman–Crippen MR) is 61.9 cm³/mol. The van der Waals surface area contributed by atoms with E-state index in [1.54, 1.807) is 6.20 Å². The molecule has 0 aliphatic carbocycles. The molecular weight excluding hydrogens is 206 g/mol. The lowest BCUT2D eigenvalue weighted by molar-refractivity contribution is -0.148. The van der Waals surface area contributed by atoms with E-state index in [4.69, 9.17) is 15.2 Å². The molecule has 0 radical (unpaired) electrons. The average Bonchev–Trinajstić information content (AvgIpc) is 2.64. The molecule has 1 aromatic rings. The van der Waals surface area contributed by atoms with Crippen molar-refractivity contribution in [2.75, 3.05) is 13.2 Å². The smallest absolute Gasteiger partial charge is 0.172 e. The van der Waals surface area contributed by atoms with E-state index in [2.05, 4.69) is 4.98 Å². The largest absolute Gasteiger partial charge is 0.351 e. The number of hydrogen-bond acceptors (Lipinski definition) is 4. The number of aromatic nitrogens is 2. The molecule has 0 aliphatic heterocycles. The highest BCUT2D eigenvalue weighted by Crippen LogP contribution is 2.06. The number of nitrogens with two attached hydrogens (primary N) is 1. The standard InChI is InChI=1S/C11H21N3O2/c1-4-15-11(16-5-2)9(12)8-10-13-6-7-14(10)3/h6-7,9,11H,4-5,8,12H2,1-3H3. The quantitative estimate of drug-likeness (QED) is 0.696. The number of hydrogen-bond donors (Lipinski definition) is 1. The zero-order valence-electron chi connectivity index (χ0n) is 10.2. The molecule has 0 saturated carbocycles. The van der Waals surface area contributed by atoms with Crippen LogP contribution < -0.4 is 5.73 Å². The molecule has 2 N–H and O–H groups in total. The summed E-state index contributed by atoms with van der Waals surface area (Å²) in [5.74, 6) is 0.942. The third-order valence-electron chi connectivity index (χ3n) is 2.35. The van der Waals surface area contributed by atoms with Gasteiger partial charge in [0.15, 0.2) is 6.29 Å². The highest BCUT2D eigenvalue weighted by atomic mass is 16.7. The molecule has 0 amide bonds. The first-order valence-corrected chi connectivity index (χ1v) is 5.64. The summed E-state index contributed by atoms with van der Waals surface area (Å²) in [6.07, 6.45) is 3.96. The van der Waals surface area contributed by atoms with Crippen molar-refractivity contribution >= 4 is 0 Å². The zero-order valence-corrected chi connectivity index (χ0v) is 10.2. The topological polar surface area (TPSA) is 62.3 Å². The summed E-state index contributed by atoms with van der Waals surface area (Å²) in [5, 5.41) is 0. The lowest BCUT2D eigenvalue weighted by atomic mass is 10.2. The Bertz CT molecular complexity index is 295. The Morgan fingerprint density at radius 2 is 2.00 bits per heavy atom. The molecule has 1 aromatic heterocycles. The van der Waals surface area contributed by atoms with E-state index < -0.39 is 0 Å². The van der Waals surface area contributed by atoms with Crippen LogP contribution in [0.15, 0.2) is 12.4 Å². The van der Waals surface area contributed by atoms with Crippen LogP contribution in [0.1, 0.15) is 19.7 Å². The minimum atomic E-state index is -0.355. The first kappa shape index (κ1) is 13.2. The van der Waals surface area contributed by atoms with E-state index in [1.165, 1.54) is 0 Å². The molecule has 0 fully saturated rings. The van der Waals surface area contributed by atoms with E-state index >= 15 is 0 Å². The van der Waals surface area contributed by atoms with Crippen LogP contribution in [-0.2, 0) is 22.9 Å². The van der Waals surface area contributed by atoms with Crippen LogP contribution in [-0.4, -0.2) is 35.1 Å². The van der Waals surface area contributed by atoms with Crippen LogP contribution in [0.5, 0.6) is 0 Å². The Labute approximate surface area is 96.6 Å². The van der Waals surface area contributed by atoms with Crippen molar-refractivity contribution in [3.63, 3.8) is 0 Å². The average molecular weight is 227 g/mol. The molecule has 1 unspecified atom stereocenters. The molecule has 5 nitrogen and oxygen atoms in total. The molecule has 1 heterocycles. The molecular formula is C11H21N3O2. The summed E-state index contributed by atoms with van der Waals surface area (Å²) in [5.41, 5.74) is 6.05. The first-order chi connectivity index (χ1) is 7.69. The van der Waals surface area contributed by atoms with Crippen molar-refractivity contribution in [1.29, 1.82) is 0 Å². The van der Waals surface area contributed by atoms with Gasteiger partial charge in [0.2, 0.25) is 0 Å². The molecule has 16 heavy (non-hydrogen) atoms. The summed E-state index contributed by atoms with van der Waals surface area (Å²) in [6, 6.07) is -0.194. The van der Waals surface area contributed by atoms with Crippen LogP contribution in [0.25, 0.3) is 0 Å². The van der Waals surface area contributed by atoms with Gasteiger partial charge in [-0.05, 0) is 13.8 Å². The van der Waals surface area contributed by atoms with E-state index in [1.807, 2.05) is 31.7 Å². The maximum Gasteiger partial charge on any atom is 0.172 e.